The van der Waals surface area contributed by atoms with Crippen LogP contribution in [0.25, 0.3) is 0 Å². The van der Waals surface area contributed by atoms with Crippen LogP contribution in [0, 0.1) is 11.8 Å². The Labute approximate surface area is 165 Å². The number of amides is 2. The van der Waals surface area contributed by atoms with Gasteiger partial charge in [-0.05, 0) is 5.56 Å². The van der Waals surface area contributed by atoms with E-state index in [1.165, 1.54) is 13.8 Å². The summed E-state index contributed by atoms with van der Waals surface area (Å²) in [5, 5.41) is 9.80. The van der Waals surface area contributed by atoms with E-state index >= 15 is 0 Å². The van der Waals surface area contributed by atoms with Gasteiger partial charge in [0.25, 0.3) is 11.8 Å². The molecule has 10 heteroatoms. The predicted octanol–water partition coefficient (Wildman–Crippen LogP) is 2.81. The van der Waals surface area contributed by atoms with Gasteiger partial charge < -0.3 is 0 Å². The third kappa shape index (κ3) is 3.71. The van der Waals surface area contributed by atoms with Crippen molar-refractivity contribution in [3.63, 3.8) is 0 Å². The molecule has 0 unspecified atom stereocenters. The predicted molar refractivity (Wildman–Crippen MR) is 94.4 cm³/mol. The summed E-state index contributed by atoms with van der Waals surface area (Å²) in [7, 11) is 0. The van der Waals surface area contributed by atoms with Gasteiger partial charge in [-0.15, -0.1) is 0 Å². The number of rotatable bonds is 7. The summed E-state index contributed by atoms with van der Waals surface area (Å²) in [5.74, 6) is -2.44. The zero-order valence-corrected chi connectivity index (χ0v) is 16.2. The number of β-lactam (4-membered cyclic amide) rings is 2. The highest BCUT2D eigenvalue weighted by Gasteiger charge is 2.60. The Bertz CT molecular complexity index is 699. The largest absolute Gasteiger partial charge is 0.285 e. The molecule has 162 valence electrons. The number of hydrogen-bond acceptors (Lipinski definition) is 4. The molecule has 0 radical (unpaired) electrons. The van der Waals surface area contributed by atoms with Crippen LogP contribution in [0.3, 0.4) is 0 Å². The maximum Gasteiger partial charge on any atom is 0.252 e. The fourth-order valence-electron chi connectivity index (χ4n) is 3.15. The minimum Gasteiger partial charge on any atom is -0.285 e. The molecular formula is C19H24F4N2O4. The van der Waals surface area contributed by atoms with Crippen LogP contribution in [-0.2, 0) is 21.0 Å². The molecule has 2 atom stereocenters. The summed E-state index contributed by atoms with van der Waals surface area (Å²) in [6.45, 7) is -0.935. The Morgan fingerprint density at radius 2 is 1.38 bits per heavy atom. The smallest absolute Gasteiger partial charge is 0.252 e. The molecule has 2 heterocycles. The second-order valence-electron chi connectivity index (χ2n) is 7.23. The fourth-order valence-corrected chi connectivity index (χ4v) is 3.15. The van der Waals surface area contributed by atoms with Crippen molar-refractivity contribution in [3.8, 4) is 0 Å². The van der Waals surface area contributed by atoms with Crippen LogP contribution in [0.5, 0.6) is 0 Å². The molecule has 2 aliphatic heterocycles. The first kappa shape index (κ1) is 23.1. The molecule has 2 fully saturated rings. The zero-order chi connectivity index (χ0) is 21.8. The first-order chi connectivity index (χ1) is 13.8. The highest BCUT2D eigenvalue weighted by Crippen LogP contribution is 2.39. The van der Waals surface area contributed by atoms with Gasteiger partial charge >= 0.3 is 0 Å². The number of carbonyl (C=O) groups excluding carboxylic acids is 2. The van der Waals surface area contributed by atoms with Crippen LogP contribution in [0.1, 0.15) is 19.4 Å². The van der Waals surface area contributed by atoms with Crippen LogP contribution >= 0.6 is 0 Å². The van der Waals surface area contributed by atoms with Gasteiger partial charge in [0.05, 0.1) is 11.8 Å². The van der Waals surface area contributed by atoms with Gasteiger partial charge in [-0.1, -0.05) is 44.2 Å². The zero-order valence-electron chi connectivity index (χ0n) is 16.2. The molecule has 29 heavy (non-hydrogen) atoms. The number of nitrogens with zero attached hydrogens (tertiary/aromatic N) is 2. The number of hydroxylamine groups is 4. The average molecular weight is 420 g/mol. The molecule has 0 spiro atoms. The fraction of sp³-hybridized carbons (Fsp3) is 0.579. The highest BCUT2D eigenvalue weighted by molar-refractivity contribution is 5.87. The monoisotopic (exact) mass is 420 g/mol. The molecule has 1 N–H and O–H groups in total. The molecule has 3 rings (SSSR count). The van der Waals surface area contributed by atoms with Crippen molar-refractivity contribution < 1.29 is 37.2 Å². The molecule has 2 saturated heterocycles. The van der Waals surface area contributed by atoms with E-state index in [0.29, 0.717) is 0 Å². The van der Waals surface area contributed by atoms with Crippen LogP contribution in [0.2, 0.25) is 0 Å². The Kier molecular flexibility index (Phi) is 7.23. The number of benzene rings is 1. The summed E-state index contributed by atoms with van der Waals surface area (Å²) in [6.07, 6.45) is 0. The van der Waals surface area contributed by atoms with Crippen molar-refractivity contribution in [2.75, 3.05) is 26.7 Å². The van der Waals surface area contributed by atoms with Gasteiger partial charge in [-0.25, -0.2) is 27.7 Å². The second kappa shape index (κ2) is 9.08. The van der Waals surface area contributed by atoms with E-state index in [1.54, 1.807) is 0 Å². The van der Waals surface area contributed by atoms with E-state index in [4.69, 9.17) is 10.0 Å². The van der Waals surface area contributed by atoms with E-state index in [0.717, 1.165) is 10.6 Å². The Hall–Kier alpha value is -2.20. The van der Waals surface area contributed by atoms with E-state index in [2.05, 4.69) is 0 Å². The number of carbonyl (C=O) groups is 2. The normalized spacial score (nSPS) is 24.4. The molecule has 0 aliphatic carbocycles. The van der Waals surface area contributed by atoms with Gasteiger partial charge in [-0.2, -0.15) is 0 Å². The summed E-state index contributed by atoms with van der Waals surface area (Å²) in [5.41, 5.74) is -2.19. The first-order valence-electron chi connectivity index (χ1n) is 9.03. The van der Waals surface area contributed by atoms with E-state index in [1.807, 2.05) is 30.3 Å². The lowest BCUT2D eigenvalue weighted by Crippen LogP contribution is -2.72. The van der Waals surface area contributed by atoms with Gasteiger partial charge in [0, 0.05) is 0 Å². The van der Waals surface area contributed by atoms with Crippen LogP contribution in [0.4, 0.5) is 17.6 Å². The van der Waals surface area contributed by atoms with Crippen LogP contribution < -0.4 is 0 Å². The topological polar surface area (TPSA) is 70.1 Å². The van der Waals surface area contributed by atoms with Crippen LogP contribution in [0.15, 0.2) is 30.3 Å². The first-order valence-corrected chi connectivity index (χ1v) is 9.03. The van der Waals surface area contributed by atoms with Crippen molar-refractivity contribution in [2.24, 2.45) is 11.8 Å². The third-order valence-corrected chi connectivity index (χ3v) is 5.72. The molecule has 1 aromatic carbocycles. The summed E-state index contributed by atoms with van der Waals surface area (Å²) < 4.78 is 50.3. The lowest BCUT2D eigenvalue weighted by Gasteiger charge is -2.51. The van der Waals surface area contributed by atoms with Crippen molar-refractivity contribution in [3.05, 3.63) is 35.9 Å². The molecule has 0 bridgehead atoms. The van der Waals surface area contributed by atoms with Gasteiger partial charge in [0.1, 0.15) is 44.4 Å². The maximum atomic E-state index is 13.0. The summed E-state index contributed by atoms with van der Waals surface area (Å²) in [4.78, 5) is 27.5. The molecular weight excluding hydrogens is 396 g/mol. The Morgan fingerprint density at radius 1 is 0.897 bits per heavy atom. The SMILES string of the molecule is C[C@@H]1C(=O)N(O)C1(CF)CF.C[C@@H]1C(=O)N(OCc2ccccc2)C1(CF)CF. The molecule has 0 aromatic heterocycles. The van der Waals surface area contributed by atoms with E-state index in [9.17, 15) is 27.2 Å². The lowest BCUT2D eigenvalue weighted by molar-refractivity contribution is -0.285. The molecule has 1 aromatic rings. The van der Waals surface area contributed by atoms with Gasteiger partial charge in [0.15, 0.2) is 0 Å². The van der Waals surface area contributed by atoms with E-state index < -0.39 is 55.5 Å². The highest BCUT2D eigenvalue weighted by atomic mass is 19.1. The summed E-state index contributed by atoms with van der Waals surface area (Å²) in [6, 6.07) is 9.15. The van der Waals surface area contributed by atoms with Crippen molar-refractivity contribution in [1.29, 1.82) is 0 Å². The number of alkyl halides is 4. The molecule has 2 aliphatic rings. The number of hydrogen-bond donors (Lipinski definition) is 1. The van der Waals surface area contributed by atoms with Crippen molar-refractivity contribution in [1.82, 2.24) is 10.1 Å². The Morgan fingerprint density at radius 3 is 1.79 bits per heavy atom. The van der Waals surface area contributed by atoms with Crippen molar-refractivity contribution >= 4 is 11.8 Å². The van der Waals surface area contributed by atoms with E-state index in [-0.39, 0.29) is 17.6 Å². The van der Waals surface area contributed by atoms with Crippen LogP contribution in [-0.4, -0.2) is 64.9 Å². The number of halogens is 4. The van der Waals surface area contributed by atoms with Gasteiger partial charge in [0.2, 0.25) is 0 Å². The third-order valence-electron chi connectivity index (χ3n) is 5.72. The Balaban J connectivity index is 0.000000234. The molecule has 0 saturated carbocycles. The minimum atomic E-state index is -1.60. The molecule has 6 nitrogen and oxygen atoms in total. The van der Waals surface area contributed by atoms with Crippen molar-refractivity contribution in [2.45, 2.75) is 31.5 Å². The minimum absolute atomic E-state index is 0.126. The summed E-state index contributed by atoms with van der Waals surface area (Å²) >= 11 is 0. The second-order valence-corrected chi connectivity index (χ2v) is 7.23. The maximum absolute atomic E-state index is 13.0. The quantitative estimate of drug-likeness (QED) is 0.419. The molecule has 2 amide bonds. The standard InChI is InChI=1S/C13H15F2NO2.C6H9F2NO2/c1-10-12(17)16(13(10,8-14)9-15)18-7-11-5-3-2-4-6-11;1-4-5(10)9(11)6(4,2-7)3-8/h2-6,10H,7-9H2,1H3;4,11H,2-3H2,1H3/t10-;4-/m11/s1. The average Bonchev–Trinajstić information content (AvgIpc) is 2.77. The van der Waals surface area contributed by atoms with Gasteiger partial charge in [-0.3, -0.25) is 19.6 Å². The lowest BCUT2D eigenvalue weighted by atomic mass is 9.78.